The molecule has 0 aliphatic carbocycles. The number of hydrogen-bond donors (Lipinski definition) is 2. The molecule has 9 heteroatoms. The van der Waals surface area contributed by atoms with Crippen molar-refractivity contribution in [1.29, 1.82) is 0 Å². The van der Waals surface area contributed by atoms with Crippen molar-refractivity contribution in [2.45, 2.75) is 5.92 Å². The average Bonchev–Trinajstić information content (AvgIpc) is 3.04. The first-order valence-corrected chi connectivity index (χ1v) is 7.61. The van der Waals surface area contributed by atoms with Gasteiger partial charge in [0.25, 0.3) is 11.5 Å². The second kappa shape index (κ2) is 5.86. The summed E-state index contributed by atoms with van der Waals surface area (Å²) in [6.07, 6.45) is 2.92. The third-order valence-electron chi connectivity index (χ3n) is 4.05. The Morgan fingerprint density at radius 3 is 2.76 bits per heavy atom. The van der Waals surface area contributed by atoms with E-state index < -0.39 is 0 Å². The lowest BCUT2D eigenvalue weighted by atomic mass is 9.99. The molecule has 0 atom stereocenters. The molecule has 126 valence electrons. The number of aromatic amines is 2. The SMILES string of the molecule is O=C(c1ccc(=O)[nH]c1)N1CC(c2nc(-c3ccc[nH]c3=O)no2)C1. The van der Waals surface area contributed by atoms with Gasteiger partial charge in [0.1, 0.15) is 0 Å². The van der Waals surface area contributed by atoms with E-state index in [9.17, 15) is 14.4 Å². The minimum Gasteiger partial charge on any atom is -0.339 e. The lowest BCUT2D eigenvalue weighted by molar-refractivity contribution is 0.0568. The van der Waals surface area contributed by atoms with Gasteiger partial charge in [-0.05, 0) is 18.2 Å². The minimum absolute atomic E-state index is 0.0734. The second-order valence-electron chi connectivity index (χ2n) is 5.72. The fourth-order valence-corrected chi connectivity index (χ4v) is 2.63. The summed E-state index contributed by atoms with van der Waals surface area (Å²) in [6, 6.07) is 6.09. The lowest BCUT2D eigenvalue weighted by Crippen LogP contribution is -2.48. The highest BCUT2D eigenvalue weighted by Gasteiger charge is 2.36. The quantitative estimate of drug-likeness (QED) is 0.709. The molecule has 1 aliphatic heterocycles. The number of carbonyl (C=O) groups is 1. The molecular formula is C16H13N5O4. The summed E-state index contributed by atoms with van der Waals surface area (Å²) in [6.45, 7) is 0.871. The highest BCUT2D eigenvalue weighted by Crippen LogP contribution is 2.28. The predicted octanol–water partition coefficient (Wildman–Crippen LogP) is 0.353. The molecule has 2 N–H and O–H groups in total. The van der Waals surface area contributed by atoms with Gasteiger partial charge in [-0.3, -0.25) is 14.4 Å². The standard InChI is InChI=1S/C16H13N5O4/c22-12-4-3-9(6-18-12)16(24)21-7-10(8-21)15-19-13(20-25-15)11-2-1-5-17-14(11)23/h1-6,10H,7-8H2,(H,17,23)(H,18,22). The van der Waals surface area contributed by atoms with E-state index >= 15 is 0 Å². The van der Waals surface area contributed by atoms with Crippen LogP contribution in [-0.2, 0) is 0 Å². The Bertz CT molecular complexity index is 1020. The molecule has 25 heavy (non-hydrogen) atoms. The van der Waals surface area contributed by atoms with Crippen molar-refractivity contribution in [3.05, 3.63) is 68.8 Å². The smallest absolute Gasteiger partial charge is 0.259 e. The zero-order valence-corrected chi connectivity index (χ0v) is 12.9. The first kappa shape index (κ1) is 15.1. The van der Waals surface area contributed by atoms with Gasteiger partial charge in [0.05, 0.1) is 17.0 Å². The molecule has 3 aromatic rings. The van der Waals surface area contributed by atoms with Crippen molar-refractivity contribution >= 4 is 5.91 Å². The van der Waals surface area contributed by atoms with Crippen molar-refractivity contribution < 1.29 is 9.32 Å². The van der Waals surface area contributed by atoms with Crippen LogP contribution >= 0.6 is 0 Å². The average molecular weight is 339 g/mol. The van der Waals surface area contributed by atoms with Gasteiger partial charge in [-0.1, -0.05) is 5.16 Å². The predicted molar refractivity (Wildman–Crippen MR) is 86.1 cm³/mol. The van der Waals surface area contributed by atoms with E-state index in [0.29, 0.717) is 30.1 Å². The van der Waals surface area contributed by atoms with E-state index in [-0.39, 0.29) is 28.8 Å². The normalized spacial score (nSPS) is 14.3. The van der Waals surface area contributed by atoms with Crippen molar-refractivity contribution in [2.75, 3.05) is 13.1 Å². The maximum atomic E-state index is 12.3. The second-order valence-corrected chi connectivity index (χ2v) is 5.72. The molecule has 1 saturated heterocycles. The van der Waals surface area contributed by atoms with Gasteiger partial charge >= 0.3 is 0 Å². The molecule has 4 rings (SSSR count). The Morgan fingerprint density at radius 1 is 1.20 bits per heavy atom. The molecule has 3 aromatic heterocycles. The van der Waals surface area contributed by atoms with Gasteiger partial charge in [0.2, 0.25) is 17.3 Å². The number of hydrogen-bond acceptors (Lipinski definition) is 6. The molecular weight excluding hydrogens is 326 g/mol. The molecule has 1 aliphatic rings. The largest absolute Gasteiger partial charge is 0.339 e. The highest BCUT2D eigenvalue weighted by atomic mass is 16.5. The molecule has 1 amide bonds. The van der Waals surface area contributed by atoms with Crippen molar-refractivity contribution in [3.8, 4) is 11.4 Å². The zero-order chi connectivity index (χ0) is 17.4. The topological polar surface area (TPSA) is 125 Å². The third-order valence-corrected chi connectivity index (χ3v) is 4.05. The number of amides is 1. The molecule has 0 saturated carbocycles. The van der Waals surface area contributed by atoms with Crippen molar-refractivity contribution in [2.24, 2.45) is 0 Å². The molecule has 0 spiro atoms. The Hall–Kier alpha value is -3.49. The van der Waals surface area contributed by atoms with Gasteiger partial charge < -0.3 is 19.4 Å². The van der Waals surface area contributed by atoms with Crippen LogP contribution in [-0.4, -0.2) is 44.0 Å². The Kier molecular flexibility index (Phi) is 3.53. The molecule has 0 aromatic carbocycles. The van der Waals surface area contributed by atoms with Crippen LogP contribution in [0.5, 0.6) is 0 Å². The number of nitrogens with one attached hydrogen (secondary N) is 2. The summed E-state index contributed by atoms with van der Waals surface area (Å²) in [5, 5.41) is 3.84. The molecule has 0 bridgehead atoms. The van der Waals surface area contributed by atoms with Crippen LogP contribution in [0.15, 0.2) is 50.8 Å². The van der Waals surface area contributed by atoms with Gasteiger partial charge in [0.15, 0.2) is 0 Å². The number of pyridine rings is 2. The first-order chi connectivity index (χ1) is 12.1. The maximum absolute atomic E-state index is 12.3. The van der Waals surface area contributed by atoms with E-state index in [1.807, 2.05) is 0 Å². The van der Waals surface area contributed by atoms with Crippen LogP contribution < -0.4 is 11.1 Å². The van der Waals surface area contributed by atoms with E-state index in [4.69, 9.17) is 4.52 Å². The van der Waals surface area contributed by atoms with Crippen LogP contribution in [0, 0.1) is 0 Å². The number of aromatic nitrogens is 4. The van der Waals surface area contributed by atoms with Crippen LogP contribution in [0.25, 0.3) is 11.4 Å². The molecule has 9 nitrogen and oxygen atoms in total. The molecule has 4 heterocycles. The Morgan fingerprint density at radius 2 is 2.04 bits per heavy atom. The summed E-state index contributed by atoms with van der Waals surface area (Å²) in [5.41, 5.74) is 0.198. The molecule has 0 radical (unpaired) electrons. The van der Waals surface area contributed by atoms with Crippen LogP contribution in [0.2, 0.25) is 0 Å². The summed E-state index contributed by atoms with van der Waals surface area (Å²) in [4.78, 5) is 46.0. The Balaban J connectivity index is 1.45. The van der Waals surface area contributed by atoms with Gasteiger partial charge in [-0.25, -0.2) is 0 Å². The first-order valence-electron chi connectivity index (χ1n) is 7.61. The fraction of sp³-hybridized carbons (Fsp3) is 0.188. The van der Waals surface area contributed by atoms with Gasteiger partial charge in [-0.15, -0.1) is 0 Å². The fourth-order valence-electron chi connectivity index (χ4n) is 2.63. The number of nitrogens with zero attached hydrogens (tertiary/aromatic N) is 3. The van der Waals surface area contributed by atoms with E-state index in [2.05, 4.69) is 20.1 Å². The van der Waals surface area contributed by atoms with Crippen LogP contribution in [0.1, 0.15) is 22.2 Å². The molecule has 1 fully saturated rings. The van der Waals surface area contributed by atoms with E-state index in [0.717, 1.165) is 0 Å². The molecule has 0 unspecified atom stereocenters. The third kappa shape index (κ3) is 2.75. The summed E-state index contributed by atoms with van der Waals surface area (Å²) in [5.74, 6) is 0.369. The maximum Gasteiger partial charge on any atom is 0.259 e. The van der Waals surface area contributed by atoms with Crippen molar-refractivity contribution in [1.82, 2.24) is 25.0 Å². The highest BCUT2D eigenvalue weighted by molar-refractivity contribution is 5.94. The Labute approximate surface area is 140 Å². The number of carbonyl (C=O) groups excluding carboxylic acids is 1. The number of rotatable bonds is 3. The monoisotopic (exact) mass is 339 g/mol. The van der Waals surface area contributed by atoms with Crippen LogP contribution in [0.4, 0.5) is 0 Å². The number of H-pyrrole nitrogens is 2. The van der Waals surface area contributed by atoms with Crippen molar-refractivity contribution in [3.63, 3.8) is 0 Å². The van der Waals surface area contributed by atoms with Crippen LogP contribution in [0.3, 0.4) is 0 Å². The summed E-state index contributed by atoms with van der Waals surface area (Å²) in [7, 11) is 0. The van der Waals surface area contributed by atoms with Gasteiger partial charge in [-0.2, -0.15) is 4.98 Å². The van der Waals surface area contributed by atoms with E-state index in [1.54, 1.807) is 17.0 Å². The summed E-state index contributed by atoms with van der Waals surface area (Å²) >= 11 is 0. The number of likely N-dealkylation sites (tertiary alicyclic amines) is 1. The minimum atomic E-state index is -0.293. The van der Waals surface area contributed by atoms with Gasteiger partial charge in [0, 0.05) is 31.5 Å². The summed E-state index contributed by atoms with van der Waals surface area (Å²) < 4.78 is 5.23. The van der Waals surface area contributed by atoms with E-state index in [1.165, 1.54) is 24.5 Å². The lowest BCUT2D eigenvalue weighted by Gasteiger charge is -2.37. The zero-order valence-electron chi connectivity index (χ0n) is 12.9.